The van der Waals surface area contributed by atoms with Crippen LogP contribution in [0.2, 0.25) is 0 Å². The van der Waals surface area contributed by atoms with Crippen molar-refractivity contribution < 1.29 is 8.42 Å². The first-order valence-corrected chi connectivity index (χ1v) is 11.0. The first-order valence-electron chi connectivity index (χ1n) is 9.51. The van der Waals surface area contributed by atoms with Crippen molar-refractivity contribution in [3.05, 3.63) is 59.7 Å². The Morgan fingerprint density at radius 2 is 0.960 bits per heavy atom. The van der Waals surface area contributed by atoms with E-state index in [2.05, 4.69) is 13.8 Å². The maximum atomic E-state index is 12.8. The lowest BCUT2D eigenvalue weighted by Crippen LogP contribution is -2.02. The molecule has 0 heterocycles. The summed E-state index contributed by atoms with van der Waals surface area (Å²) in [4.78, 5) is 0.760. The van der Waals surface area contributed by atoms with Crippen LogP contribution in [0.1, 0.15) is 63.5 Å². The number of sulfone groups is 1. The first-order chi connectivity index (χ1) is 12.1. The van der Waals surface area contributed by atoms with E-state index >= 15 is 0 Å². The number of hydrogen-bond donors (Lipinski definition) is 0. The smallest absolute Gasteiger partial charge is 0.206 e. The highest BCUT2D eigenvalue weighted by Crippen LogP contribution is 2.22. The third kappa shape index (κ3) is 5.71. The molecule has 2 nitrogen and oxygen atoms in total. The summed E-state index contributed by atoms with van der Waals surface area (Å²) < 4.78 is 25.6. The van der Waals surface area contributed by atoms with Crippen LogP contribution in [-0.4, -0.2) is 8.42 Å². The van der Waals surface area contributed by atoms with Crippen molar-refractivity contribution in [3.63, 3.8) is 0 Å². The molecule has 0 aliphatic heterocycles. The number of hydrogen-bond acceptors (Lipinski definition) is 2. The molecule has 0 bridgehead atoms. The van der Waals surface area contributed by atoms with Crippen molar-refractivity contribution in [2.75, 3.05) is 0 Å². The molecule has 3 heteroatoms. The Balaban J connectivity index is 2.07. The summed E-state index contributed by atoms with van der Waals surface area (Å²) in [7, 11) is -3.42. The van der Waals surface area contributed by atoms with Crippen LogP contribution < -0.4 is 0 Å². The molecule has 0 aliphatic rings. The molecular weight excluding hydrogens is 328 g/mol. The third-order valence-electron chi connectivity index (χ3n) is 4.61. The molecule has 0 amide bonds. The molecule has 0 unspecified atom stereocenters. The lowest BCUT2D eigenvalue weighted by Gasteiger charge is -2.08. The fourth-order valence-corrected chi connectivity index (χ4v) is 4.23. The Morgan fingerprint density at radius 3 is 1.28 bits per heavy atom. The van der Waals surface area contributed by atoms with Crippen molar-refractivity contribution in [3.8, 4) is 0 Å². The summed E-state index contributed by atoms with van der Waals surface area (Å²) in [6.07, 6.45) is 9.16. The van der Waals surface area contributed by atoms with Crippen LogP contribution in [0.4, 0.5) is 0 Å². The van der Waals surface area contributed by atoms with Gasteiger partial charge in [0.2, 0.25) is 9.84 Å². The molecule has 136 valence electrons. The van der Waals surface area contributed by atoms with Crippen LogP contribution in [0, 0.1) is 0 Å². The average molecular weight is 359 g/mol. The summed E-state index contributed by atoms with van der Waals surface area (Å²) >= 11 is 0. The van der Waals surface area contributed by atoms with Crippen LogP contribution in [0.15, 0.2) is 58.3 Å². The number of benzene rings is 2. The number of rotatable bonds is 10. The van der Waals surface area contributed by atoms with Gasteiger partial charge < -0.3 is 0 Å². The minimum absolute atomic E-state index is 0.380. The van der Waals surface area contributed by atoms with Crippen LogP contribution in [0.25, 0.3) is 0 Å². The lowest BCUT2D eigenvalue weighted by molar-refractivity contribution is 0.596. The third-order valence-corrected chi connectivity index (χ3v) is 6.39. The Labute approximate surface area is 153 Å². The van der Waals surface area contributed by atoms with Gasteiger partial charge in [0.25, 0.3) is 0 Å². The molecule has 0 aliphatic carbocycles. The predicted molar refractivity (Wildman–Crippen MR) is 105 cm³/mol. The van der Waals surface area contributed by atoms with Gasteiger partial charge in [-0.15, -0.1) is 0 Å². The fourth-order valence-electron chi connectivity index (χ4n) is 2.96. The number of aryl methyl sites for hydroxylation is 2. The topological polar surface area (TPSA) is 34.1 Å². The summed E-state index contributed by atoms with van der Waals surface area (Å²) in [6, 6.07) is 14.8. The van der Waals surface area contributed by atoms with E-state index < -0.39 is 9.84 Å². The standard InChI is InChI=1S/C22H30O2S/c1-3-5-7-9-19-11-15-21(16-12-19)25(23,24)22-17-13-20(14-18-22)10-8-6-4-2/h11-18H,3-10H2,1-2H3. The van der Waals surface area contributed by atoms with E-state index in [0.717, 1.165) is 25.7 Å². The largest absolute Gasteiger partial charge is 0.219 e. The molecule has 0 saturated heterocycles. The van der Waals surface area contributed by atoms with E-state index in [-0.39, 0.29) is 0 Å². The Kier molecular flexibility index (Phi) is 7.70. The second-order valence-electron chi connectivity index (χ2n) is 6.71. The van der Waals surface area contributed by atoms with Crippen LogP contribution in [0.5, 0.6) is 0 Å². The molecule has 0 radical (unpaired) electrons. The van der Waals surface area contributed by atoms with Gasteiger partial charge in [0.15, 0.2) is 0 Å². The van der Waals surface area contributed by atoms with Gasteiger partial charge in [-0.2, -0.15) is 0 Å². The van der Waals surface area contributed by atoms with Gasteiger partial charge in [0, 0.05) is 0 Å². The fraction of sp³-hybridized carbons (Fsp3) is 0.455. The maximum absolute atomic E-state index is 12.8. The van der Waals surface area contributed by atoms with Gasteiger partial charge in [-0.3, -0.25) is 0 Å². The zero-order valence-electron chi connectivity index (χ0n) is 15.5. The van der Waals surface area contributed by atoms with Crippen molar-refractivity contribution in [1.29, 1.82) is 0 Å². The van der Waals surface area contributed by atoms with Gasteiger partial charge in [-0.05, 0) is 61.1 Å². The van der Waals surface area contributed by atoms with E-state index in [1.165, 1.54) is 36.8 Å². The van der Waals surface area contributed by atoms with Crippen LogP contribution >= 0.6 is 0 Å². The van der Waals surface area contributed by atoms with E-state index in [4.69, 9.17) is 0 Å². The average Bonchev–Trinajstić information content (AvgIpc) is 2.63. The molecule has 0 fully saturated rings. The van der Waals surface area contributed by atoms with Gasteiger partial charge in [-0.1, -0.05) is 63.8 Å². The molecule has 2 aromatic carbocycles. The second-order valence-corrected chi connectivity index (χ2v) is 8.66. The SMILES string of the molecule is CCCCCc1ccc(S(=O)(=O)c2ccc(CCCCC)cc2)cc1. The molecule has 0 N–H and O–H groups in total. The zero-order chi connectivity index (χ0) is 18.1. The molecule has 0 saturated carbocycles. The van der Waals surface area contributed by atoms with E-state index in [9.17, 15) is 8.42 Å². The molecule has 25 heavy (non-hydrogen) atoms. The first kappa shape index (κ1) is 19.7. The Hall–Kier alpha value is -1.61. The van der Waals surface area contributed by atoms with Crippen molar-refractivity contribution in [2.24, 2.45) is 0 Å². The van der Waals surface area contributed by atoms with E-state index in [1.807, 2.05) is 24.3 Å². The minimum atomic E-state index is -3.42. The lowest BCUT2D eigenvalue weighted by atomic mass is 10.1. The van der Waals surface area contributed by atoms with Crippen molar-refractivity contribution in [1.82, 2.24) is 0 Å². The Bertz CT molecular complexity index is 669. The monoisotopic (exact) mass is 358 g/mol. The van der Waals surface area contributed by atoms with Gasteiger partial charge >= 0.3 is 0 Å². The summed E-state index contributed by atoms with van der Waals surface area (Å²) in [6.45, 7) is 4.37. The van der Waals surface area contributed by atoms with Gasteiger partial charge in [0.05, 0.1) is 9.79 Å². The van der Waals surface area contributed by atoms with Crippen molar-refractivity contribution in [2.45, 2.75) is 75.0 Å². The maximum Gasteiger partial charge on any atom is 0.206 e. The molecule has 0 spiro atoms. The van der Waals surface area contributed by atoms with Crippen LogP contribution in [0.3, 0.4) is 0 Å². The molecule has 2 rings (SSSR count). The highest BCUT2D eigenvalue weighted by Gasteiger charge is 2.17. The van der Waals surface area contributed by atoms with E-state index in [0.29, 0.717) is 9.79 Å². The molecule has 2 aromatic rings. The van der Waals surface area contributed by atoms with E-state index in [1.54, 1.807) is 24.3 Å². The zero-order valence-corrected chi connectivity index (χ0v) is 16.3. The Morgan fingerprint density at radius 1 is 0.600 bits per heavy atom. The van der Waals surface area contributed by atoms with Crippen LogP contribution in [-0.2, 0) is 22.7 Å². The van der Waals surface area contributed by atoms with Gasteiger partial charge in [0.1, 0.15) is 0 Å². The van der Waals surface area contributed by atoms with Gasteiger partial charge in [-0.25, -0.2) is 8.42 Å². The van der Waals surface area contributed by atoms with Crippen molar-refractivity contribution >= 4 is 9.84 Å². The molecular formula is C22H30O2S. The summed E-state index contributed by atoms with van der Waals surface area (Å²) in [5.41, 5.74) is 2.41. The summed E-state index contributed by atoms with van der Waals surface area (Å²) in [5.74, 6) is 0. The normalized spacial score (nSPS) is 11.6. The highest BCUT2D eigenvalue weighted by atomic mass is 32.2. The number of unbranched alkanes of at least 4 members (excludes halogenated alkanes) is 4. The quantitative estimate of drug-likeness (QED) is 0.489. The highest BCUT2D eigenvalue weighted by molar-refractivity contribution is 7.91. The molecule has 0 aromatic heterocycles. The predicted octanol–water partition coefficient (Wildman–Crippen LogP) is 5.98. The summed E-state index contributed by atoms with van der Waals surface area (Å²) in [5, 5.41) is 0. The second kappa shape index (κ2) is 9.76. The minimum Gasteiger partial charge on any atom is -0.219 e. The molecule has 0 atom stereocenters.